The van der Waals surface area contributed by atoms with Crippen molar-refractivity contribution in [1.29, 1.82) is 0 Å². The van der Waals surface area contributed by atoms with Gasteiger partial charge < -0.3 is 9.84 Å². The first kappa shape index (κ1) is 10.7. The van der Waals surface area contributed by atoms with E-state index >= 15 is 0 Å². The number of aliphatic hydroxyl groups is 1. The molecule has 0 saturated carbocycles. The van der Waals surface area contributed by atoms with Gasteiger partial charge in [0, 0.05) is 0 Å². The van der Waals surface area contributed by atoms with Crippen LogP contribution in [0.15, 0.2) is 54.6 Å². The Labute approximate surface area is 95.1 Å². The Bertz CT molecular complexity index is 437. The topological polar surface area (TPSA) is 29.5 Å². The molecule has 1 N–H and O–H groups in total. The first-order valence-electron chi connectivity index (χ1n) is 5.25. The molecule has 0 amide bonds. The number of aliphatic hydroxyl groups excluding tert-OH is 1. The van der Waals surface area contributed by atoms with Crippen LogP contribution < -0.4 is 4.74 Å². The van der Waals surface area contributed by atoms with Gasteiger partial charge in [-0.15, -0.1) is 0 Å². The minimum absolute atomic E-state index is 0.0499. The summed E-state index contributed by atoms with van der Waals surface area (Å²) < 4.78 is 5.62. The predicted octanol–water partition coefficient (Wildman–Crippen LogP) is 2.76. The van der Waals surface area contributed by atoms with E-state index in [0.717, 1.165) is 16.9 Å². The Morgan fingerprint density at radius 2 is 1.44 bits per heavy atom. The second-order valence-corrected chi connectivity index (χ2v) is 3.53. The van der Waals surface area contributed by atoms with Gasteiger partial charge in [-0.2, -0.15) is 0 Å². The molecule has 2 rings (SSSR count). The summed E-state index contributed by atoms with van der Waals surface area (Å²) in [6, 6.07) is 17.4. The van der Waals surface area contributed by atoms with Crippen LogP contribution in [-0.4, -0.2) is 5.11 Å². The number of para-hydroxylation sites is 1. The van der Waals surface area contributed by atoms with Crippen LogP contribution in [-0.2, 0) is 13.2 Å². The quantitative estimate of drug-likeness (QED) is 0.848. The minimum Gasteiger partial charge on any atom is -0.489 e. The molecule has 0 saturated heterocycles. The van der Waals surface area contributed by atoms with E-state index in [0.29, 0.717) is 6.61 Å². The maximum atomic E-state index is 9.16. The summed E-state index contributed by atoms with van der Waals surface area (Å²) in [4.78, 5) is 0. The van der Waals surface area contributed by atoms with E-state index in [9.17, 15) is 0 Å². The molecule has 0 aromatic heterocycles. The zero-order valence-corrected chi connectivity index (χ0v) is 8.97. The molecule has 0 atom stereocenters. The van der Waals surface area contributed by atoms with Crippen molar-refractivity contribution < 1.29 is 9.84 Å². The fourth-order valence-electron chi connectivity index (χ4n) is 1.53. The van der Waals surface area contributed by atoms with Crippen molar-refractivity contribution in [3.05, 3.63) is 65.7 Å². The van der Waals surface area contributed by atoms with E-state index in [1.807, 2.05) is 54.6 Å². The number of benzene rings is 2. The molecule has 0 unspecified atom stereocenters. The second kappa shape index (κ2) is 5.33. The highest BCUT2D eigenvalue weighted by Gasteiger charge is 2.00. The lowest BCUT2D eigenvalue weighted by Gasteiger charge is -2.09. The van der Waals surface area contributed by atoms with E-state index in [1.54, 1.807) is 0 Å². The normalized spacial score (nSPS) is 10.1. The molecule has 82 valence electrons. The zero-order chi connectivity index (χ0) is 11.2. The van der Waals surface area contributed by atoms with E-state index in [-0.39, 0.29) is 6.61 Å². The number of ether oxygens (including phenoxy) is 1. The smallest absolute Gasteiger partial charge is 0.119 e. The maximum Gasteiger partial charge on any atom is 0.119 e. The fourth-order valence-corrected chi connectivity index (χ4v) is 1.53. The van der Waals surface area contributed by atoms with Gasteiger partial charge in [0.15, 0.2) is 0 Å². The van der Waals surface area contributed by atoms with Gasteiger partial charge in [-0.1, -0.05) is 42.5 Å². The molecule has 0 aliphatic heterocycles. The van der Waals surface area contributed by atoms with Crippen LogP contribution in [0.5, 0.6) is 5.75 Å². The van der Waals surface area contributed by atoms with Gasteiger partial charge in [0.2, 0.25) is 0 Å². The van der Waals surface area contributed by atoms with Gasteiger partial charge in [-0.25, -0.2) is 0 Å². The Morgan fingerprint density at radius 3 is 2.12 bits per heavy atom. The SMILES string of the molecule is OCc1ccccc1COc1ccccc1. The summed E-state index contributed by atoms with van der Waals surface area (Å²) in [7, 11) is 0. The first-order valence-corrected chi connectivity index (χ1v) is 5.25. The average Bonchev–Trinajstić information content (AvgIpc) is 2.38. The van der Waals surface area contributed by atoms with Gasteiger partial charge in [0.05, 0.1) is 6.61 Å². The molecule has 0 radical (unpaired) electrons. The highest BCUT2D eigenvalue weighted by Crippen LogP contribution is 2.14. The van der Waals surface area contributed by atoms with Gasteiger partial charge in [-0.3, -0.25) is 0 Å². The molecular weight excluding hydrogens is 200 g/mol. The number of rotatable bonds is 4. The van der Waals surface area contributed by atoms with Crippen molar-refractivity contribution in [1.82, 2.24) is 0 Å². The Morgan fingerprint density at radius 1 is 0.812 bits per heavy atom. The van der Waals surface area contributed by atoms with Crippen LogP contribution in [0.2, 0.25) is 0 Å². The van der Waals surface area contributed by atoms with Crippen molar-refractivity contribution in [2.45, 2.75) is 13.2 Å². The Hall–Kier alpha value is -1.80. The summed E-state index contributed by atoms with van der Waals surface area (Å²) in [5.41, 5.74) is 1.94. The van der Waals surface area contributed by atoms with Crippen LogP contribution in [0, 0.1) is 0 Å². The average molecular weight is 214 g/mol. The van der Waals surface area contributed by atoms with Crippen LogP contribution in [0.4, 0.5) is 0 Å². The molecule has 0 aliphatic rings. The van der Waals surface area contributed by atoms with Gasteiger partial charge in [0.25, 0.3) is 0 Å². The van der Waals surface area contributed by atoms with E-state index in [1.165, 1.54) is 0 Å². The van der Waals surface area contributed by atoms with Crippen LogP contribution in [0.25, 0.3) is 0 Å². The molecular formula is C14H14O2. The third-order valence-electron chi connectivity index (χ3n) is 2.43. The fraction of sp³-hybridized carbons (Fsp3) is 0.143. The van der Waals surface area contributed by atoms with Crippen LogP contribution in [0.3, 0.4) is 0 Å². The van der Waals surface area contributed by atoms with Crippen LogP contribution in [0.1, 0.15) is 11.1 Å². The summed E-state index contributed by atoms with van der Waals surface area (Å²) in [5.74, 6) is 0.843. The van der Waals surface area contributed by atoms with Crippen molar-refractivity contribution in [2.75, 3.05) is 0 Å². The summed E-state index contributed by atoms with van der Waals surface area (Å²) in [6.45, 7) is 0.537. The summed E-state index contributed by atoms with van der Waals surface area (Å²) in [6.07, 6.45) is 0. The molecule has 0 aliphatic carbocycles. The molecule has 0 bridgehead atoms. The molecule has 0 fully saturated rings. The summed E-state index contributed by atoms with van der Waals surface area (Å²) in [5, 5.41) is 9.16. The van der Waals surface area contributed by atoms with Gasteiger partial charge in [0.1, 0.15) is 12.4 Å². The Kier molecular flexibility index (Phi) is 3.57. The molecule has 0 spiro atoms. The third-order valence-corrected chi connectivity index (χ3v) is 2.43. The molecule has 0 heterocycles. The Balaban J connectivity index is 2.05. The lowest BCUT2D eigenvalue weighted by molar-refractivity contribution is 0.269. The van der Waals surface area contributed by atoms with Crippen molar-refractivity contribution >= 4 is 0 Å². The zero-order valence-electron chi connectivity index (χ0n) is 8.97. The molecule has 2 heteroatoms. The van der Waals surface area contributed by atoms with E-state index in [4.69, 9.17) is 9.84 Å². The molecule has 2 nitrogen and oxygen atoms in total. The number of hydrogen-bond donors (Lipinski definition) is 1. The first-order chi connectivity index (χ1) is 7.90. The molecule has 2 aromatic carbocycles. The second-order valence-electron chi connectivity index (χ2n) is 3.53. The van der Waals surface area contributed by atoms with Crippen molar-refractivity contribution in [3.8, 4) is 5.75 Å². The highest BCUT2D eigenvalue weighted by atomic mass is 16.5. The summed E-state index contributed by atoms with van der Waals surface area (Å²) >= 11 is 0. The largest absolute Gasteiger partial charge is 0.489 e. The van der Waals surface area contributed by atoms with Crippen molar-refractivity contribution in [2.24, 2.45) is 0 Å². The number of hydrogen-bond acceptors (Lipinski definition) is 2. The highest BCUT2D eigenvalue weighted by molar-refractivity contribution is 5.27. The minimum atomic E-state index is 0.0499. The third kappa shape index (κ3) is 2.61. The molecule has 16 heavy (non-hydrogen) atoms. The maximum absolute atomic E-state index is 9.16. The van der Waals surface area contributed by atoms with Crippen LogP contribution >= 0.6 is 0 Å². The van der Waals surface area contributed by atoms with Gasteiger partial charge in [-0.05, 0) is 23.3 Å². The lowest BCUT2D eigenvalue weighted by Crippen LogP contribution is -1.99. The van der Waals surface area contributed by atoms with Gasteiger partial charge >= 0.3 is 0 Å². The lowest BCUT2D eigenvalue weighted by atomic mass is 10.1. The molecule has 2 aromatic rings. The van der Waals surface area contributed by atoms with E-state index < -0.39 is 0 Å². The predicted molar refractivity (Wildman–Crippen MR) is 63.1 cm³/mol. The van der Waals surface area contributed by atoms with E-state index in [2.05, 4.69) is 0 Å². The van der Waals surface area contributed by atoms with Crippen molar-refractivity contribution in [3.63, 3.8) is 0 Å². The standard InChI is InChI=1S/C14H14O2/c15-10-12-6-4-5-7-13(12)11-16-14-8-2-1-3-9-14/h1-9,15H,10-11H2. The monoisotopic (exact) mass is 214 g/mol.